The quantitative estimate of drug-likeness (QED) is 0.873. The fourth-order valence-corrected chi connectivity index (χ4v) is 2.72. The van der Waals surface area contributed by atoms with Crippen LogP contribution >= 0.6 is 0 Å². The first kappa shape index (κ1) is 16.5. The van der Waals surface area contributed by atoms with Gasteiger partial charge in [0.15, 0.2) is 0 Å². The summed E-state index contributed by atoms with van der Waals surface area (Å²) in [6.07, 6.45) is 2.05. The smallest absolute Gasteiger partial charge is 0.318 e. The summed E-state index contributed by atoms with van der Waals surface area (Å²) in [5, 5.41) is 5.64. The van der Waals surface area contributed by atoms with E-state index in [2.05, 4.69) is 15.5 Å². The molecular weight excluding hydrogens is 311 g/mol. The molecule has 2 N–H and O–H groups in total. The zero-order valence-corrected chi connectivity index (χ0v) is 13.8. The van der Waals surface area contributed by atoms with Gasteiger partial charge in [-0.15, -0.1) is 0 Å². The lowest BCUT2D eigenvalue weighted by Gasteiger charge is -2.36. The molecule has 0 aromatic heterocycles. The number of rotatable bonds is 4. The molecule has 0 bridgehead atoms. The minimum atomic E-state index is -0.534. The molecule has 1 aliphatic heterocycles. The van der Waals surface area contributed by atoms with Crippen LogP contribution in [0.5, 0.6) is 0 Å². The van der Waals surface area contributed by atoms with Crippen molar-refractivity contribution >= 4 is 17.6 Å². The fraction of sp³-hybridized carbons (Fsp3) is 0.529. The topological polar surface area (TPSA) is 64.7 Å². The number of hydrogen-bond donors (Lipinski definition) is 2. The van der Waals surface area contributed by atoms with Gasteiger partial charge in [-0.1, -0.05) is 0 Å². The molecule has 130 valence electrons. The Morgan fingerprint density at radius 2 is 1.75 bits per heavy atom. The summed E-state index contributed by atoms with van der Waals surface area (Å²) in [4.78, 5) is 28.0. The van der Waals surface area contributed by atoms with Crippen LogP contribution in [0.25, 0.3) is 0 Å². The van der Waals surface area contributed by atoms with Crippen molar-refractivity contribution in [3.63, 3.8) is 0 Å². The summed E-state index contributed by atoms with van der Waals surface area (Å²) in [5.74, 6) is -0.383. The van der Waals surface area contributed by atoms with E-state index in [0.29, 0.717) is 26.2 Å². The second kappa shape index (κ2) is 7.07. The molecular formula is C17H23FN4O2. The molecule has 1 heterocycles. The average molecular weight is 334 g/mol. The molecule has 6 nitrogen and oxygen atoms in total. The maximum atomic E-state index is 13.0. The number of nitrogens with one attached hydrogen (secondary N) is 2. The van der Waals surface area contributed by atoms with Crippen LogP contribution in [-0.4, -0.2) is 55.1 Å². The van der Waals surface area contributed by atoms with Gasteiger partial charge in [0, 0.05) is 37.9 Å². The Labute approximate surface area is 141 Å². The molecule has 1 saturated carbocycles. The Balaban J connectivity index is 1.45. The first-order valence-corrected chi connectivity index (χ1v) is 8.39. The normalized spacial score (nSPS) is 18.9. The molecule has 3 amide bonds. The van der Waals surface area contributed by atoms with Crippen molar-refractivity contribution in [1.29, 1.82) is 0 Å². The van der Waals surface area contributed by atoms with Gasteiger partial charge in [-0.3, -0.25) is 4.79 Å². The number of piperazine rings is 1. The van der Waals surface area contributed by atoms with Crippen LogP contribution in [-0.2, 0) is 4.79 Å². The van der Waals surface area contributed by atoms with Gasteiger partial charge < -0.3 is 20.4 Å². The first-order valence-electron chi connectivity index (χ1n) is 8.39. The number of halogens is 1. The standard InChI is InChI=1S/C17H23FN4O2/c1-12(16(23)20-14-4-5-14)19-17(24)22-10-8-21(9-11-22)15-6-2-13(18)3-7-15/h2-3,6-7,12,14H,4-5,8-11H2,1H3,(H,19,24)(H,20,23)/t12-/m0/s1. The van der Waals surface area contributed by atoms with Crippen LogP contribution in [0.4, 0.5) is 14.9 Å². The number of amides is 3. The van der Waals surface area contributed by atoms with E-state index < -0.39 is 6.04 Å². The molecule has 1 atom stereocenters. The second-order valence-electron chi connectivity index (χ2n) is 6.40. The number of carbonyl (C=O) groups excluding carboxylic acids is 2. The molecule has 1 aliphatic carbocycles. The van der Waals surface area contributed by atoms with E-state index in [1.807, 2.05) is 0 Å². The minimum Gasteiger partial charge on any atom is -0.368 e. The number of carbonyl (C=O) groups is 2. The van der Waals surface area contributed by atoms with Gasteiger partial charge in [-0.2, -0.15) is 0 Å². The van der Waals surface area contributed by atoms with Crippen LogP contribution in [0, 0.1) is 5.82 Å². The lowest BCUT2D eigenvalue weighted by molar-refractivity contribution is -0.122. The highest BCUT2D eigenvalue weighted by molar-refractivity contribution is 5.87. The van der Waals surface area contributed by atoms with Crippen LogP contribution in [0.15, 0.2) is 24.3 Å². The summed E-state index contributed by atoms with van der Waals surface area (Å²) >= 11 is 0. The summed E-state index contributed by atoms with van der Waals surface area (Å²) < 4.78 is 13.0. The number of nitrogens with zero attached hydrogens (tertiary/aromatic N) is 2. The summed E-state index contributed by atoms with van der Waals surface area (Å²) in [5.41, 5.74) is 0.952. The third-order valence-corrected chi connectivity index (χ3v) is 4.42. The molecule has 0 spiro atoms. The third kappa shape index (κ3) is 4.15. The largest absolute Gasteiger partial charge is 0.368 e. The first-order chi connectivity index (χ1) is 11.5. The van der Waals surface area contributed by atoms with Gasteiger partial charge in [-0.25, -0.2) is 9.18 Å². The SMILES string of the molecule is C[C@H](NC(=O)N1CCN(c2ccc(F)cc2)CC1)C(=O)NC1CC1. The molecule has 1 aromatic rings. The van der Waals surface area contributed by atoms with Crippen LogP contribution in [0.3, 0.4) is 0 Å². The highest BCUT2D eigenvalue weighted by Crippen LogP contribution is 2.19. The van der Waals surface area contributed by atoms with Crippen molar-refractivity contribution in [3.05, 3.63) is 30.1 Å². The maximum absolute atomic E-state index is 13.0. The highest BCUT2D eigenvalue weighted by Gasteiger charge is 2.28. The summed E-state index contributed by atoms with van der Waals surface area (Å²) in [6.45, 7) is 4.20. The summed E-state index contributed by atoms with van der Waals surface area (Å²) in [6, 6.07) is 5.91. The number of benzene rings is 1. The van der Waals surface area contributed by atoms with E-state index in [4.69, 9.17) is 0 Å². The Bertz CT molecular complexity index is 595. The van der Waals surface area contributed by atoms with Gasteiger partial charge in [0.1, 0.15) is 11.9 Å². The number of hydrogen-bond acceptors (Lipinski definition) is 3. The van der Waals surface area contributed by atoms with Gasteiger partial charge >= 0.3 is 6.03 Å². The molecule has 2 aliphatic rings. The average Bonchev–Trinajstić information content (AvgIpc) is 3.39. The Morgan fingerprint density at radius 1 is 1.12 bits per heavy atom. The molecule has 1 saturated heterocycles. The lowest BCUT2D eigenvalue weighted by Crippen LogP contribution is -2.55. The molecule has 7 heteroatoms. The zero-order chi connectivity index (χ0) is 17.1. The zero-order valence-electron chi connectivity index (χ0n) is 13.8. The van der Waals surface area contributed by atoms with E-state index in [-0.39, 0.29) is 23.8 Å². The maximum Gasteiger partial charge on any atom is 0.318 e. The van der Waals surface area contributed by atoms with Crippen molar-refractivity contribution in [2.45, 2.75) is 31.8 Å². The molecule has 2 fully saturated rings. The van der Waals surface area contributed by atoms with Gasteiger partial charge in [-0.05, 0) is 44.0 Å². The van der Waals surface area contributed by atoms with E-state index in [1.165, 1.54) is 12.1 Å². The van der Waals surface area contributed by atoms with Crippen molar-refractivity contribution in [2.24, 2.45) is 0 Å². The van der Waals surface area contributed by atoms with E-state index >= 15 is 0 Å². The van der Waals surface area contributed by atoms with Crippen LogP contribution < -0.4 is 15.5 Å². The summed E-state index contributed by atoms with van der Waals surface area (Å²) in [7, 11) is 0. The lowest BCUT2D eigenvalue weighted by atomic mass is 10.2. The predicted octanol–water partition coefficient (Wildman–Crippen LogP) is 1.32. The Hall–Kier alpha value is -2.31. The molecule has 0 radical (unpaired) electrons. The number of anilines is 1. The van der Waals surface area contributed by atoms with Crippen LogP contribution in [0.1, 0.15) is 19.8 Å². The monoisotopic (exact) mass is 334 g/mol. The van der Waals surface area contributed by atoms with Crippen molar-refractivity contribution in [1.82, 2.24) is 15.5 Å². The number of urea groups is 1. The van der Waals surface area contributed by atoms with Gasteiger partial charge in [0.25, 0.3) is 0 Å². The van der Waals surface area contributed by atoms with Crippen molar-refractivity contribution in [2.75, 3.05) is 31.1 Å². The Kier molecular flexibility index (Phi) is 4.87. The molecule has 3 rings (SSSR count). The van der Waals surface area contributed by atoms with Crippen molar-refractivity contribution in [3.8, 4) is 0 Å². The van der Waals surface area contributed by atoms with E-state index in [9.17, 15) is 14.0 Å². The molecule has 24 heavy (non-hydrogen) atoms. The highest BCUT2D eigenvalue weighted by atomic mass is 19.1. The molecule has 1 aromatic carbocycles. The van der Waals surface area contributed by atoms with Gasteiger partial charge in [0.05, 0.1) is 0 Å². The van der Waals surface area contributed by atoms with Gasteiger partial charge in [0.2, 0.25) is 5.91 Å². The molecule has 0 unspecified atom stereocenters. The Morgan fingerprint density at radius 3 is 2.33 bits per heavy atom. The fourth-order valence-electron chi connectivity index (χ4n) is 2.72. The predicted molar refractivity (Wildman–Crippen MR) is 89.3 cm³/mol. The van der Waals surface area contributed by atoms with E-state index in [1.54, 1.807) is 24.0 Å². The van der Waals surface area contributed by atoms with Crippen LogP contribution in [0.2, 0.25) is 0 Å². The van der Waals surface area contributed by atoms with E-state index in [0.717, 1.165) is 18.5 Å². The second-order valence-corrected chi connectivity index (χ2v) is 6.40. The third-order valence-electron chi connectivity index (χ3n) is 4.42. The van der Waals surface area contributed by atoms with Crippen molar-refractivity contribution < 1.29 is 14.0 Å². The minimum absolute atomic E-state index is 0.129.